The van der Waals surface area contributed by atoms with Crippen molar-refractivity contribution in [1.29, 1.82) is 0 Å². The van der Waals surface area contributed by atoms with Crippen LogP contribution in [0.5, 0.6) is 0 Å². The van der Waals surface area contributed by atoms with Crippen molar-refractivity contribution in [2.75, 3.05) is 6.54 Å². The Bertz CT molecular complexity index is 1070. The van der Waals surface area contributed by atoms with Crippen molar-refractivity contribution in [3.63, 3.8) is 0 Å². The predicted octanol–water partition coefficient (Wildman–Crippen LogP) is -4.30. The summed E-state index contributed by atoms with van der Waals surface area (Å²) in [4.78, 5) is 37.6. The number of hydrogen-bond donors (Lipinski definition) is 1. The second kappa shape index (κ2) is 7.21. The van der Waals surface area contributed by atoms with E-state index in [9.17, 15) is 33.0 Å². The maximum absolute atomic E-state index is 12.8. The van der Waals surface area contributed by atoms with Crippen LogP contribution in [-0.4, -0.2) is 59.2 Å². The molecule has 29 heavy (non-hydrogen) atoms. The molecule has 0 spiro atoms. The summed E-state index contributed by atoms with van der Waals surface area (Å²) < 4.78 is 26.2. The van der Waals surface area contributed by atoms with Crippen LogP contribution in [0.25, 0.3) is 0 Å². The molecule has 9 nitrogen and oxygen atoms in total. The average Bonchev–Trinajstić information content (AvgIpc) is 2.97. The van der Waals surface area contributed by atoms with Crippen molar-refractivity contribution in [3.05, 3.63) is 41.1 Å². The minimum atomic E-state index is -4.13. The molecule has 0 saturated carbocycles. The van der Waals surface area contributed by atoms with E-state index in [0.717, 1.165) is 4.90 Å². The number of fused-ring (bicyclic) bond motifs is 2. The van der Waals surface area contributed by atoms with E-state index in [0.29, 0.717) is 4.31 Å². The fraction of sp³-hybridized carbons (Fsp3) is 0.389. The summed E-state index contributed by atoms with van der Waals surface area (Å²) in [7, 11) is -4.13. The molecule has 4 atom stereocenters. The smallest absolute Gasteiger partial charge is 0.543 e. The first-order valence-electron chi connectivity index (χ1n) is 8.70. The molecule has 1 aromatic rings. The minimum Gasteiger partial charge on any atom is -0.543 e. The van der Waals surface area contributed by atoms with Crippen molar-refractivity contribution < 1.29 is 62.6 Å². The second-order valence-electron chi connectivity index (χ2n) is 7.23. The molecule has 0 aromatic heterocycles. The molecule has 3 aliphatic heterocycles. The number of benzene rings is 1. The molecule has 11 heteroatoms. The Kier molecular flexibility index (Phi) is 5.46. The van der Waals surface area contributed by atoms with Gasteiger partial charge < -0.3 is 19.9 Å². The number of aliphatic hydroxyl groups excluding tert-OH is 1. The maximum Gasteiger partial charge on any atom is 1.00 e. The summed E-state index contributed by atoms with van der Waals surface area (Å²) in [5.41, 5.74) is -0.283. The first-order valence-corrected chi connectivity index (χ1v) is 10.1. The monoisotopic (exact) mass is 428 g/mol. The zero-order valence-electron chi connectivity index (χ0n) is 16.0. The van der Waals surface area contributed by atoms with Crippen molar-refractivity contribution in [2.45, 2.75) is 30.9 Å². The predicted molar refractivity (Wildman–Crippen MR) is 91.7 cm³/mol. The number of carbonyl (C=O) groups is 3. The van der Waals surface area contributed by atoms with Gasteiger partial charge in [-0.2, -0.15) is 0 Å². The molecule has 1 aromatic carbocycles. The topological polar surface area (TPSA) is 135 Å². The van der Waals surface area contributed by atoms with Crippen molar-refractivity contribution in [2.24, 2.45) is 11.8 Å². The Morgan fingerprint density at radius 1 is 1.28 bits per heavy atom. The molecule has 148 valence electrons. The Balaban J connectivity index is 0.00000240. The number of nitrogens with zero attached hydrogens (tertiary/aromatic N) is 2. The quantitative estimate of drug-likeness (QED) is 0.379. The van der Waals surface area contributed by atoms with Crippen LogP contribution in [0, 0.1) is 11.8 Å². The van der Waals surface area contributed by atoms with Crippen LogP contribution in [0.15, 0.2) is 40.4 Å². The molecule has 1 N–H and O–H groups in total. The van der Waals surface area contributed by atoms with E-state index in [1.54, 1.807) is 6.92 Å². The van der Waals surface area contributed by atoms with E-state index in [4.69, 9.17) is 0 Å². The van der Waals surface area contributed by atoms with E-state index >= 15 is 0 Å². The Morgan fingerprint density at radius 2 is 1.90 bits per heavy atom. The standard InChI is InChI=1S/C18H18N2O7S.Na/c1-8-11(15(18(24)25)20-14(8)13(9(2)21)17(20)23)7-19-16(22)10-5-3-4-6-12(10)28(19,26)27;/h3-6,8-9,13-14,21H,7H2,1-2H3,(H,24,25);/q;+1/p-1/t8-,9+,13+,14+;/m0./s1. The summed E-state index contributed by atoms with van der Waals surface area (Å²) in [6.45, 7) is 2.59. The molecule has 0 bridgehead atoms. The number of β-lactam (4-membered cyclic amide) rings is 1. The van der Waals surface area contributed by atoms with Crippen molar-refractivity contribution in [3.8, 4) is 0 Å². The van der Waals surface area contributed by atoms with Gasteiger partial charge in [0.1, 0.15) is 4.90 Å². The minimum absolute atomic E-state index is 0. The summed E-state index contributed by atoms with van der Waals surface area (Å²) in [6, 6.07) is 5.13. The fourth-order valence-electron chi connectivity index (χ4n) is 4.38. The van der Waals surface area contributed by atoms with Crippen LogP contribution in [-0.2, 0) is 19.6 Å². The van der Waals surface area contributed by atoms with E-state index in [1.807, 2.05) is 0 Å². The second-order valence-corrected chi connectivity index (χ2v) is 9.06. The Hall–Kier alpha value is -1.72. The van der Waals surface area contributed by atoms with Gasteiger partial charge in [-0.3, -0.25) is 9.59 Å². The van der Waals surface area contributed by atoms with Crippen LogP contribution < -0.4 is 34.7 Å². The summed E-state index contributed by atoms with van der Waals surface area (Å²) in [6.07, 6.45) is -0.986. The van der Waals surface area contributed by atoms with Crippen LogP contribution in [0.4, 0.5) is 0 Å². The zero-order chi connectivity index (χ0) is 20.5. The maximum atomic E-state index is 12.8. The van der Waals surface area contributed by atoms with Crippen LogP contribution in [0.1, 0.15) is 24.2 Å². The third-order valence-corrected chi connectivity index (χ3v) is 7.52. The van der Waals surface area contributed by atoms with Gasteiger partial charge in [0.25, 0.3) is 15.9 Å². The van der Waals surface area contributed by atoms with Gasteiger partial charge in [0.2, 0.25) is 5.91 Å². The Morgan fingerprint density at radius 3 is 2.45 bits per heavy atom. The van der Waals surface area contributed by atoms with Gasteiger partial charge in [0.15, 0.2) is 0 Å². The SMILES string of the molecule is C[C@@H](O)[C@H]1C(=O)N2C(C(=O)[O-])=C(CN3C(=O)c4ccccc4S3(=O)=O)[C@H](C)[C@H]12.[Na+]. The fourth-order valence-corrected chi connectivity index (χ4v) is 5.93. The van der Waals surface area contributed by atoms with E-state index in [-0.39, 0.29) is 45.6 Å². The molecule has 0 unspecified atom stereocenters. The van der Waals surface area contributed by atoms with E-state index < -0.39 is 64.0 Å². The number of carboxylic acids is 1. The number of aliphatic hydroxyl groups is 1. The van der Waals surface area contributed by atoms with Gasteiger partial charge in [-0.15, -0.1) is 0 Å². The van der Waals surface area contributed by atoms with Gasteiger partial charge in [0, 0.05) is 5.92 Å². The third kappa shape index (κ3) is 2.89. The number of carboxylic acid groups (broad SMARTS) is 1. The van der Waals surface area contributed by atoms with Gasteiger partial charge >= 0.3 is 29.6 Å². The van der Waals surface area contributed by atoms with E-state index in [1.165, 1.54) is 31.2 Å². The van der Waals surface area contributed by atoms with E-state index in [2.05, 4.69) is 0 Å². The molecule has 1 fully saturated rings. The first-order chi connectivity index (χ1) is 13.1. The average molecular weight is 428 g/mol. The third-order valence-electron chi connectivity index (χ3n) is 5.73. The molecule has 4 rings (SSSR count). The van der Waals surface area contributed by atoms with Gasteiger partial charge in [0.05, 0.1) is 41.8 Å². The normalized spacial score (nSPS) is 27.9. The van der Waals surface area contributed by atoms with Crippen LogP contribution >= 0.6 is 0 Å². The summed E-state index contributed by atoms with van der Waals surface area (Å²) >= 11 is 0. The molecule has 0 aliphatic carbocycles. The number of hydrogen-bond acceptors (Lipinski definition) is 7. The molecule has 0 radical (unpaired) electrons. The van der Waals surface area contributed by atoms with Gasteiger partial charge in [-0.1, -0.05) is 19.1 Å². The van der Waals surface area contributed by atoms with Crippen LogP contribution in [0.2, 0.25) is 0 Å². The first kappa shape index (κ1) is 22.0. The molecular weight excluding hydrogens is 411 g/mol. The van der Waals surface area contributed by atoms with Crippen molar-refractivity contribution >= 4 is 27.8 Å². The zero-order valence-corrected chi connectivity index (χ0v) is 18.8. The number of carbonyl (C=O) groups excluding carboxylic acids is 3. The largest absolute Gasteiger partial charge is 1.00 e. The molecule has 3 heterocycles. The molecule has 2 amide bonds. The summed E-state index contributed by atoms with van der Waals surface area (Å²) in [5, 5.41) is 21.6. The number of amides is 2. The molecule has 3 aliphatic rings. The van der Waals surface area contributed by atoms with Gasteiger partial charge in [-0.25, -0.2) is 12.7 Å². The summed E-state index contributed by atoms with van der Waals surface area (Å²) in [5.74, 6) is -4.27. The number of sulfonamides is 1. The Labute approximate surface area is 189 Å². The van der Waals surface area contributed by atoms with Crippen molar-refractivity contribution in [1.82, 2.24) is 9.21 Å². The van der Waals surface area contributed by atoms with Gasteiger partial charge in [-0.05, 0) is 24.6 Å². The number of rotatable bonds is 4. The number of aliphatic carboxylic acids is 1. The van der Waals surface area contributed by atoms with Crippen LogP contribution in [0.3, 0.4) is 0 Å². The molecule has 1 saturated heterocycles. The molecular formula is C18H17N2NaO7S.